The molecule has 29 heavy (non-hydrogen) atoms. The average molecular weight is 395 g/mol. The molecule has 0 aromatic heterocycles. The van der Waals surface area contributed by atoms with Crippen LogP contribution in [0.25, 0.3) is 0 Å². The van der Waals surface area contributed by atoms with Crippen molar-refractivity contribution in [1.29, 1.82) is 0 Å². The molecule has 154 valence electrons. The highest BCUT2D eigenvalue weighted by atomic mass is 16.5. The van der Waals surface area contributed by atoms with E-state index in [1.54, 1.807) is 26.4 Å². The van der Waals surface area contributed by atoms with Crippen molar-refractivity contribution >= 4 is 5.91 Å². The molecular formula is C24H30N2O3. The molecule has 5 nitrogen and oxygen atoms in total. The molecule has 1 aliphatic rings. The van der Waals surface area contributed by atoms with E-state index in [4.69, 9.17) is 9.47 Å². The zero-order valence-electron chi connectivity index (χ0n) is 17.4. The van der Waals surface area contributed by atoms with Gasteiger partial charge in [-0.25, -0.2) is 0 Å². The minimum atomic E-state index is 0.0407. The van der Waals surface area contributed by atoms with Crippen molar-refractivity contribution in [3.63, 3.8) is 0 Å². The first-order valence-electron chi connectivity index (χ1n) is 10.1. The van der Waals surface area contributed by atoms with Crippen LogP contribution in [0.4, 0.5) is 0 Å². The lowest BCUT2D eigenvalue weighted by atomic mass is 10.0. The second-order valence-corrected chi connectivity index (χ2v) is 7.23. The molecule has 3 rings (SSSR count). The molecule has 1 amide bonds. The van der Waals surface area contributed by atoms with E-state index in [1.807, 2.05) is 17.0 Å². The topological polar surface area (TPSA) is 42.0 Å². The number of benzene rings is 2. The molecule has 0 aliphatic carbocycles. The molecule has 0 bridgehead atoms. The van der Waals surface area contributed by atoms with Crippen molar-refractivity contribution in [2.45, 2.75) is 12.8 Å². The van der Waals surface area contributed by atoms with Crippen molar-refractivity contribution in [2.24, 2.45) is 0 Å². The smallest absolute Gasteiger partial charge is 0.254 e. The van der Waals surface area contributed by atoms with E-state index < -0.39 is 0 Å². The third-order valence-corrected chi connectivity index (χ3v) is 5.39. The Balaban J connectivity index is 1.62. The van der Waals surface area contributed by atoms with Crippen LogP contribution in [0, 0.1) is 0 Å². The number of allylic oxidation sites excluding steroid dienone is 1. The quantitative estimate of drug-likeness (QED) is 0.644. The van der Waals surface area contributed by atoms with Crippen molar-refractivity contribution in [3.8, 4) is 11.5 Å². The summed E-state index contributed by atoms with van der Waals surface area (Å²) in [6.07, 6.45) is 3.46. The van der Waals surface area contributed by atoms with Crippen LogP contribution in [0.15, 0.2) is 55.1 Å². The fraction of sp³-hybridized carbons (Fsp3) is 0.375. The predicted octanol–water partition coefficient (Wildman–Crippen LogP) is 3.43. The summed E-state index contributed by atoms with van der Waals surface area (Å²) in [5.74, 6) is 1.28. The van der Waals surface area contributed by atoms with E-state index in [1.165, 1.54) is 5.56 Å². The van der Waals surface area contributed by atoms with E-state index in [2.05, 4.69) is 35.7 Å². The highest BCUT2D eigenvalue weighted by Crippen LogP contribution is 2.33. The predicted molar refractivity (Wildman–Crippen MR) is 116 cm³/mol. The SMILES string of the molecule is C=CCc1cc(C(=O)N2CCN(CCc3ccccc3)CC2)cc(OC)c1OC. The van der Waals surface area contributed by atoms with Crippen molar-refractivity contribution in [1.82, 2.24) is 9.80 Å². The molecule has 2 aromatic carbocycles. The monoisotopic (exact) mass is 394 g/mol. The molecule has 1 aliphatic heterocycles. The van der Waals surface area contributed by atoms with Gasteiger partial charge in [0.15, 0.2) is 11.5 Å². The van der Waals surface area contributed by atoms with Crippen LogP contribution in [-0.4, -0.2) is 62.7 Å². The van der Waals surface area contributed by atoms with Crippen LogP contribution in [0.5, 0.6) is 11.5 Å². The summed E-state index contributed by atoms with van der Waals surface area (Å²) in [6, 6.07) is 14.2. The van der Waals surface area contributed by atoms with Gasteiger partial charge < -0.3 is 14.4 Å². The van der Waals surface area contributed by atoms with Gasteiger partial charge in [0.25, 0.3) is 5.91 Å². The fourth-order valence-electron chi connectivity index (χ4n) is 3.76. The van der Waals surface area contributed by atoms with E-state index in [-0.39, 0.29) is 5.91 Å². The van der Waals surface area contributed by atoms with Gasteiger partial charge in [-0.1, -0.05) is 36.4 Å². The first kappa shape index (κ1) is 20.9. The summed E-state index contributed by atoms with van der Waals surface area (Å²) < 4.78 is 10.9. The maximum Gasteiger partial charge on any atom is 0.254 e. The van der Waals surface area contributed by atoms with Crippen LogP contribution in [0.3, 0.4) is 0 Å². The number of hydrogen-bond donors (Lipinski definition) is 0. The van der Waals surface area contributed by atoms with E-state index in [9.17, 15) is 4.79 Å². The summed E-state index contributed by atoms with van der Waals surface area (Å²) in [5.41, 5.74) is 2.90. The zero-order chi connectivity index (χ0) is 20.6. The van der Waals surface area contributed by atoms with Gasteiger partial charge in [0.05, 0.1) is 14.2 Å². The van der Waals surface area contributed by atoms with Gasteiger partial charge in [0, 0.05) is 43.9 Å². The van der Waals surface area contributed by atoms with Gasteiger partial charge >= 0.3 is 0 Å². The van der Waals surface area contributed by atoms with Crippen LogP contribution in [-0.2, 0) is 12.8 Å². The van der Waals surface area contributed by atoms with E-state index >= 15 is 0 Å². The molecule has 1 saturated heterocycles. The molecular weight excluding hydrogens is 364 g/mol. The number of methoxy groups -OCH3 is 2. The number of carbonyl (C=O) groups is 1. The third kappa shape index (κ3) is 5.18. The Labute approximate surface area is 173 Å². The first-order chi connectivity index (χ1) is 14.2. The molecule has 0 saturated carbocycles. The summed E-state index contributed by atoms with van der Waals surface area (Å²) in [7, 11) is 3.20. The lowest BCUT2D eigenvalue weighted by Crippen LogP contribution is -2.49. The fourth-order valence-corrected chi connectivity index (χ4v) is 3.76. The van der Waals surface area contributed by atoms with Gasteiger partial charge in [-0.3, -0.25) is 9.69 Å². The number of nitrogens with zero attached hydrogens (tertiary/aromatic N) is 2. The molecule has 0 radical (unpaired) electrons. The van der Waals surface area contributed by atoms with E-state index in [0.29, 0.717) is 23.5 Å². The summed E-state index contributed by atoms with van der Waals surface area (Å²) in [4.78, 5) is 17.4. The zero-order valence-corrected chi connectivity index (χ0v) is 17.4. The molecule has 0 unspecified atom stereocenters. The molecule has 0 spiro atoms. The highest BCUT2D eigenvalue weighted by Gasteiger charge is 2.24. The third-order valence-electron chi connectivity index (χ3n) is 5.39. The summed E-state index contributed by atoms with van der Waals surface area (Å²) in [6.45, 7) is 8.08. The van der Waals surface area contributed by atoms with Gasteiger partial charge in [-0.2, -0.15) is 0 Å². The molecule has 2 aromatic rings. The summed E-state index contributed by atoms with van der Waals surface area (Å²) in [5, 5.41) is 0. The minimum absolute atomic E-state index is 0.0407. The normalized spacial score (nSPS) is 14.5. The first-order valence-corrected chi connectivity index (χ1v) is 10.1. The largest absolute Gasteiger partial charge is 0.493 e. The number of hydrogen-bond acceptors (Lipinski definition) is 4. The Hall–Kier alpha value is -2.79. The summed E-state index contributed by atoms with van der Waals surface area (Å²) >= 11 is 0. The molecule has 0 atom stereocenters. The van der Waals surface area contributed by atoms with Crippen LogP contribution < -0.4 is 9.47 Å². The Morgan fingerprint density at radius 3 is 2.41 bits per heavy atom. The van der Waals surface area contributed by atoms with Crippen LogP contribution in [0.1, 0.15) is 21.5 Å². The molecule has 5 heteroatoms. The maximum absolute atomic E-state index is 13.1. The lowest BCUT2D eigenvalue weighted by Gasteiger charge is -2.35. The Morgan fingerprint density at radius 2 is 1.79 bits per heavy atom. The number of carbonyl (C=O) groups excluding carboxylic acids is 1. The average Bonchev–Trinajstić information content (AvgIpc) is 2.78. The van der Waals surface area contributed by atoms with Crippen LogP contribution in [0.2, 0.25) is 0 Å². The van der Waals surface area contributed by atoms with Crippen molar-refractivity contribution in [3.05, 3.63) is 71.8 Å². The number of ether oxygens (including phenoxy) is 2. The molecule has 1 fully saturated rings. The number of amides is 1. The Bertz CT molecular complexity index is 828. The highest BCUT2D eigenvalue weighted by molar-refractivity contribution is 5.95. The van der Waals surface area contributed by atoms with Crippen molar-refractivity contribution in [2.75, 3.05) is 46.9 Å². The lowest BCUT2D eigenvalue weighted by molar-refractivity contribution is 0.0638. The molecule has 1 heterocycles. The molecule has 0 N–H and O–H groups in total. The van der Waals surface area contributed by atoms with Gasteiger partial charge in [0.2, 0.25) is 0 Å². The number of piperazine rings is 1. The van der Waals surface area contributed by atoms with Gasteiger partial charge in [0.1, 0.15) is 0 Å². The van der Waals surface area contributed by atoms with Gasteiger partial charge in [-0.15, -0.1) is 6.58 Å². The van der Waals surface area contributed by atoms with Gasteiger partial charge in [-0.05, 0) is 30.5 Å². The second kappa shape index (κ2) is 10.1. The Kier molecular flexibility index (Phi) is 7.30. The number of rotatable bonds is 8. The maximum atomic E-state index is 13.1. The Morgan fingerprint density at radius 1 is 1.07 bits per heavy atom. The van der Waals surface area contributed by atoms with Crippen molar-refractivity contribution < 1.29 is 14.3 Å². The standard InChI is InChI=1S/C24H30N2O3/c1-4-8-20-17-21(18-22(28-2)23(20)29-3)24(27)26-15-13-25(14-16-26)12-11-19-9-6-5-7-10-19/h4-7,9-10,17-18H,1,8,11-16H2,2-3H3. The van der Waals surface area contributed by atoms with E-state index in [0.717, 1.165) is 44.7 Å². The van der Waals surface area contributed by atoms with Crippen LogP contribution >= 0.6 is 0 Å². The second-order valence-electron chi connectivity index (χ2n) is 7.23. The minimum Gasteiger partial charge on any atom is -0.493 e.